The Balaban J connectivity index is 2.77. The zero-order valence-electron chi connectivity index (χ0n) is 11.1. The first-order valence-electron chi connectivity index (χ1n) is 5.62. The number of nitrogens with zero attached hydrogens (tertiary/aromatic N) is 1. The lowest BCUT2D eigenvalue weighted by Crippen LogP contribution is -2.15. The molecule has 0 spiro atoms. The topological polar surface area (TPSA) is 77.0 Å². The van der Waals surface area contributed by atoms with Crippen LogP contribution in [-0.2, 0) is 4.79 Å². The van der Waals surface area contributed by atoms with Gasteiger partial charge in [-0.15, -0.1) is 4.91 Å². The Morgan fingerprint density at radius 3 is 2.58 bits per heavy atom. The molecule has 1 aromatic rings. The van der Waals surface area contributed by atoms with E-state index < -0.39 is 5.97 Å². The van der Waals surface area contributed by atoms with Gasteiger partial charge < -0.3 is 9.47 Å². The summed E-state index contributed by atoms with van der Waals surface area (Å²) in [6, 6.07) is 3.54. The normalized spacial score (nSPS) is 10.1. The van der Waals surface area contributed by atoms with Gasteiger partial charge in [-0.3, -0.25) is 10.1 Å². The molecule has 6 nitrogen and oxygen atoms in total. The van der Waals surface area contributed by atoms with Crippen molar-refractivity contribution in [1.29, 1.82) is 0 Å². The number of nitrogens with one attached hydrogen (secondary N) is 1. The molecule has 0 aliphatic rings. The number of aryl methyl sites for hydroxylation is 2. The van der Waals surface area contributed by atoms with Gasteiger partial charge in [0, 0.05) is 16.5 Å². The SMILES string of the molecule is CNCOc1cc(C)c(OC(=O)CSN=O)cc1C. The summed E-state index contributed by atoms with van der Waals surface area (Å²) in [6.45, 7) is 4.09. The van der Waals surface area contributed by atoms with Crippen molar-refractivity contribution in [3.63, 3.8) is 0 Å². The molecule has 0 fully saturated rings. The molecule has 0 aliphatic heterocycles. The highest BCUT2D eigenvalue weighted by Crippen LogP contribution is 2.28. The number of carbonyl (C=O) groups is 1. The molecule has 0 heterocycles. The molecule has 0 bridgehead atoms. The molecule has 0 radical (unpaired) electrons. The molecular formula is C12H16N2O4S. The molecule has 19 heavy (non-hydrogen) atoms. The van der Waals surface area contributed by atoms with Gasteiger partial charge in [0.25, 0.3) is 0 Å². The van der Waals surface area contributed by atoms with Gasteiger partial charge in [-0.05, 0) is 44.2 Å². The van der Waals surface area contributed by atoms with Gasteiger partial charge >= 0.3 is 5.97 Å². The van der Waals surface area contributed by atoms with Gasteiger partial charge in [-0.1, -0.05) is 0 Å². The molecule has 0 atom stereocenters. The number of carbonyl (C=O) groups excluding carboxylic acids is 1. The summed E-state index contributed by atoms with van der Waals surface area (Å²) in [7, 11) is 1.79. The standard InChI is InChI=1S/C12H16N2O4S/c1-8-5-11(18-12(15)6-19-14-16)9(2)4-10(8)17-7-13-3/h4-5,13H,6-7H2,1-3H3. The maximum absolute atomic E-state index is 11.4. The predicted octanol–water partition coefficient (Wildman–Crippen LogP) is 2.18. The van der Waals surface area contributed by atoms with Crippen molar-refractivity contribution in [2.75, 3.05) is 19.5 Å². The minimum atomic E-state index is -0.504. The molecule has 1 N–H and O–H groups in total. The highest BCUT2D eigenvalue weighted by atomic mass is 32.2. The fourth-order valence-electron chi connectivity index (χ4n) is 1.41. The Kier molecular flexibility index (Phi) is 6.31. The van der Waals surface area contributed by atoms with E-state index in [-0.39, 0.29) is 5.75 Å². The van der Waals surface area contributed by atoms with Gasteiger partial charge in [0.05, 0.1) is 0 Å². The van der Waals surface area contributed by atoms with Crippen LogP contribution in [0.5, 0.6) is 11.5 Å². The number of hydrogen-bond donors (Lipinski definition) is 1. The van der Waals surface area contributed by atoms with Gasteiger partial charge in [-0.2, -0.15) is 0 Å². The van der Waals surface area contributed by atoms with E-state index in [1.165, 1.54) is 0 Å². The molecule has 1 aromatic carbocycles. The van der Waals surface area contributed by atoms with E-state index >= 15 is 0 Å². The Morgan fingerprint density at radius 1 is 1.32 bits per heavy atom. The molecule has 1 rings (SSSR count). The third kappa shape index (κ3) is 4.88. The summed E-state index contributed by atoms with van der Waals surface area (Å²) in [5, 5.41) is 2.88. The van der Waals surface area contributed by atoms with Crippen LogP contribution in [0, 0.1) is 18.8 Å². The first-order chi connectivity index (χ1) is 9.08. The van der Waals surface area contributed by atoms with E-state index in [9.17, 15) is 9.70 Å². The van der Waals surface area contributed by atoms with Gasteiger partial charge in [0.1, 0.15) is 24.0 Å². The molecule has 0 unspecified atom stereocenters. The second-order valence-electron chi connectivity index (χ2n) is 3.85. The number of benzene rings is 1. The van der Waals surface area contributed by atoms with Crippen molar-refractivity contribution in [2.24, 2.45) is 4.58 Å². The summed E-state index contributed by atoms with van der Waals surface area (Å²) < 4.78 is 13.2. The first kappa shape index (κ1) is 15.5. The summed E-state index contributed by atoms with van der Waals surface area (Å²) in [5.41, 5.74) is 1.65. The zero-order valence-corrected chi connectivity index (χ0v) is 11.9. The average molecular weight is 284 g/mol. The Labute approximate surface area is 116 Å². The minimum Gasteiger partial charge on any atom is -0.478 e. The molecule has 104 valence electrons. The van der Waals surface area contributed by atoms with Crippen molar-refractivity contribution in [2.45, 2.75) is 13.8 Å². The van der Waals surface area contributed by atoms with E-state index in [2.05, 4.69) is 9.90 Å². The number of nitroso groups, excluding NO2 is 1. The minimum absolute atomic E-state index is 0.0972. The Hall–Kier alpha value is -1.60. The van der Waals surface area contributed by atoms with Crippen LogP contribution in [0.4, 0.5) is 0 Å². The number of esters is 1. The van der Waals surface area contributed by atoms with Crippen LogP contribution in [0.25, 0.3) is 0 Å². The van der Waals surface area contributed by atoms with E-state index in [1.807, 2.05) is 13.8 Å². The van der Waals surface area contributed by atoms with Crippen molar-refractivity contribution in [3.05, 3.63) is 28.2 Å². The van der Waals surface area contributed by atoms with Gasteiger partial charge in [0.2, 0.25) is 0 Å². The smallest absolute Gasteiger partial charge is 0.323 e. The van der Waals surface area contributed by atoms with Crippen LogP contribution >= 0.6 is 11.9 Å². The molecule has 0 amide bonds. The van der Waals surface area contributed by atoms with Crippen LogP contribution < -0.4 is 14.8 Å². The summed E-state index contributed by atoms with van der Waals surface area (Å²) in [6.07, 6.45) is 0. The largest absolute Gasteiger partial charge is 0.478 e. The lowest BCUT2D eigenvalue weighted by molar-refractivity contribution is -0.131. The maximum Gasteiger partial charge on any atom is 0.323 e. The van der Waals surface area contributed by atoms with Crippen LogP contribution in [0.3, 0.4) is 0 Å². The maximum atomic E-state index is 11.4. The van der Waals surface area contributed by atoms with E-state index in [0.29, 0.717) is 24.4 Å². The van der Waals surface area contributed by atoms with Crippen LogP contribution in [-0.4, -0.2) is 25.5 Å². The number of hydrogen-bond acceptors (Lipinski definition) is 7. The average Bonchev–Trinajstić information content (AvgIpc) is 2.38. The first-order valence-corrected chi connectivity index (χ1v) is 6.56. The van der Waals surface area contributed by atoms with E-state index in [4.69, 9.17) is 9.47 Å². The monoisotopic (exact) mass is 284 g/mol. The van der Waals surface area contributed by atoms with Crippen LogP contribution in [0.1, 0.15) is 11.1 Å². The molecule has 0 aliphatic carbocycles. The van der Waals surface area contributed by atoms with Gasteiger partial charge in [-0.25, -0.2) is 0 Å². The molecule has 0 saturated carbocycles. The summed E-state index contributed by atoms with van der Waals surface area (Å²) in [5.74, 6) is 0.595. The Bertz CT molecular complexity index is 465. The summed E-state index contributed by atoms with van der Waals surface area (Å²) in [4.78, 5) is 21.3. The number of rotatable bonds is 7. The second kappa shape index (κ2) is 7.75. The fourth-order valence-corrected chi connectivity index (χ4v) is 1.63. The van der Waals surface area contributed by atoms with Gasteiger partial charge in [0.15, 0.2) is 0 Å². The van der Waals surface area contributed by atoms with E-state index in [0.717, 1.165) is 16.9 Å². The zero-order chi connectivity index (χ0) is 14.3. The van der Waals surface area contributed by atoms with Crippen molar-refractivity contribution < 1.29 is 14.3 Å². The van der Waals surface area contributed by atoms with Crippen LogP contribution in [0.15, 0.2) is 16.7 Å². The highest BCUT2D eigenvalue weighted by Gasteiger charge is 2.11. The number of ether oxygens (including phenoxy) is 2. The quantitative estimate of drug-likeness (QED) is 0.272. The Morgan fingerprint density at radius 2 is 1.95 bits per heavy atom. The molecule has 0 saturated heterocycles. The lowest BCUT2D eigenvalue weighted by Gasteiger charge is -2.12. The molecular weight excluding hydrogens is 268 g/mol. The molecule has 7 heteroatoms. The fraction of sp³-hybridized carbons (Fsp3) is 0.417. The third-order valence-electron chi connectivity index (χ3n) is 2.30. The predicted molar refractivity (Wildman–Crippen MR) is 74.4 cm³/mol. The third-order valence-corrected chi connectivity index (χ3v) is 2.77. The highest BCUT2D eigenvalue weighted by molar-refractivity contribution is 7.98. The van der Waals surface area contributed by atoms with Crippen molar-refractivity contribution in [3.8, 4) is 11.5 Å². The molecule has 0 aromatic heterocycles. The second-order valence-corrected chi connectivity index (χ2v) is 4.54. The van der Waals surface area contributed by atoms with E-state index in [1.54, 1.807) is 19.2 Å². The van der Waals surface area contributed by atoms with Crippen molar-refractivity contribution in [1.82, 2.24) is 5.32 Å². The summed E-state index contributed by atoms with van der Waals surface area (Å²) >= 11 is 0.622. The van der Waals surface area contributed by atoms with Crippen LogP contribution in [0.2, 0.25) is 0 Å². The lowest BCUT2D eigenvalue weighted by atomic mass is 10.1. The van der Waals surface area contributed by atoms with Crippen molar-refractivity contribution >= 4 is 17.9 Å².